The Morgan fingerprint density at radius 3 is 2.61 bits per heavy atom. The molecule has 1 aliphatic heterocycles. The molecule has 0 bridgehead atoms. The maximum Gasteiger partial charge on any atom is 0.362 e. The highest BCUT2D eigenvalue weighted by Crippen LogP contribution is 2.44. The predicted molar refractivity (Wildman–Crippen MR) is 126 cm³/mol. The number of aliphatic imine (C=N–C) groups is 1. The highest BCUT2D eigenvalue weighted by Gasteiger charge is 2.45. The van der Waals surface area contributed by atoms with Crippen molar-refractivity contribution in [3.8, 4) is 0 Å². The summed E-state index contributed by atoms with van der Waals surface area (Å²) in [5, 5.41) is 5.25. The van der Waals surface area contributed by atoms with Gasteiger partial charge in [-0.15, -0.1) is 0 Å². The van der Waals surface area contributed by atoms with E-state index in [9.17, 15) is 9.59 Å². The van der Waals surface area contributed by atoms with Gasteiger partial charge in [-0.2, -0.15) is 4.99 Å². The third-order valence-electron chi connectivity index (χ3n) is 5.24. The van der Waals surface area contributed by atoms with Gasteiger partial charge in [-0.25, -0.2) is 9.28 Å². The Balaban J connectivity index is 1.92. The van der Waals surface area contributed by atoms with Gasteiger partial charge in [0.2, 0.25) is 0 Å². The third kappa shape index (κ3) is 3.69. The van der Waals surface area contributed by atoms with E-state index in [0.717, 1.165) is 11.1 Å². The number of rotatable bonds is 4. The Hall–Kier alpha value is -2.87. The van der Waals surface area contributed by atoms with Gasteiger partial charge in [-0.3, -0.25) is 10.1 Å². The Bertz CT molecular complexity index is 1280. The fourth-order valence-corrected chi connectivity index (χ4v) is 4.38. The fraction of sp³-hybridized carbons (Fsp3) is 0.227. The number of guanidine groups is 1. The number of halogens is 2. The Labute approximate surface area is 188 Å². The van der Waals surface area contributed by atoms with E-state index in [0.29, 0.717) is 38.5 Å². The van der Waals surface area contributed by atoms with E-state index in [1.165, 1.54) is 0 Å². The summed E-state index contributed by atoms with van der Waals surface area (Å²) in [5.41, 5.74) is 2.17. The van der Waals surface area contributed by atoms with Crippen molar-refractivity contribution in [2.24, 2.45) is 4.99 Å². The number of nitrogens with one attached hydrogen (secondary N) is 2. The van der Waals surface area contributed by atoms with E-state index >= 15 is 0 Å². The van der Waals surface area contributed by atoms with E-state index in [-0.39, 0.29) is 23.2 Å². The number of carbonyl (C=O) groups is 1. The number of aryl methyl sites for hydroxylation is 1. The molecule has 0 amide bonds. The smallest absolute Gasteiger partial charge is 0.362 e. The summed E-state index contributed by atoms with van der Waals surface area (Å²) in [7, 11) is 1.80. The number of aromatic amines is 1. The second kappa shape index (κ2) is 8.00. The zero-order valence-electron chi connectivity index (χ0n) is 17.3. The van der Waals surface area contributed by atoms with Gasteiger partial charge in [0.1, 0.15) is 11.1 Å². The number of likely N-dealkylation sites (N-methyl/N-ethyl adjacent to an activating group) is 1. The molecule has 0 radical (unpaired) electrons. The Morgan fingerprint density at radius 1 is 1.23 bits per heavy atom. The van der Waals surface area contributed by atoms with Crippen LogP contribution in [0.2, 0.25) is 10.0 Å². The van der Waals surface area contributed by atoms with Crippen molar-refractivity contribution in [3.05, 3.63) is 62.5 Å². The highest BCUT2D eigenvalue weighted by atomic mass is 35.5. The monoisotopic (exact) mass is 459 g/mol. The van der Waals surface area contributed by atoms with Gasteiger partial charge in [0, 0.05) is 5.69 Å². The van der Waals surface area contributed by atoms with Crippen molar-refractivity contribution in [2.75, 3.05) is 25.5 Å². The van der Waals surface area contributed by atoms with E-state index in [2.05, 4.69) is 10.3 Å². The molecule has 1 atom stereocenters. The second-order valence-electron chi connectivity index (χ2n) is 7.49. The quantitative estimate of drug-likeness (QED) is 0.435. The summed E-state index contributed by atoms with van der Waals surface area (Å²) in [5.74, 6) is -0.0105. The predicted octanol–water partition coefficient (Wildman–Crippen LogP) is 4.76. The van der Waals surface area contributed by atoms with Gasteiger partial charge < -0.3 is 9.72 Å². The molecule has 1 aliphatic rings. The largest absolute Gasteiger partial charge is 0.462 e. The summed E-state index contributed by atoms with van der Waals surface area (Å²) >= 11 is 12.7. The van der Waals surface area contributed by atoms with Gasteiger partial charge in [-0.1, -0.05) is 35.3 Å². The molecule has 0 aliphatic carbocycles. The molecule has 31 heavy (non-hydrogen) atoms. The van der Waals surface area contributed by atoms with Crippen LogP contribution in [-0.2, 0) is 9.53 Å². The molecule has 1 unspecified atom stereocenters. The highest BCUT2D eigenvalue weighted by molar-refractivity contribution is 6.40. The zero-order valence-corrected chi connectivity index (χ0v) is 18.8. The van der Waals surface area contributed by atoms with E-state index in [4.69, 9.17) is 32.9 Å². The van der Waals surface area contributed by atoms with Crippen LogP contribution in [0.1, 0.15) is 12.6 Å². The lowest BCUT2D eigenvalue weighted by Gasteiger charge is -2.30. The lowest BCUT2D eigenvalue weighted by molar-refractivity contribution is -0.143. The SMILES string of the molecule is CCOC(=O)C[N+]1(C)C(Nc2c(Cl)cccc2Cl)=Nc2ccc3cc(C)[nH]c(=O)c3c21. The Kier molecular flexibility index (Phi) is 5.51. The molecule has 0 fully saturated rings. The van der Waals surface area contributed by atoms with E-state index in [1.807, 2.05) is 25.1 Å². The van der Waals surface area contributed by atoms with Crippen molar-refractivity contribution in [3.63, 3.8) is 0 Å². The number of quaternary nitrogens is 1. The molecule has 0 saturated carbocycles. The molecule has 2 heterocycles. The summed E-state index contributed by atoms with van der Waals surface area (Å²) in [6.45, 7) is 3.75. The van der Waals surface area contributed by atoms with Crippen molar-refractivity contribution >= 4 is 63.0 Å². The summed E-state index contributed by atoms with van der Waals surface area (Å²) in [6, 6.07) is 10.7. The van der Waals surface area contributed by atoms with Gasteiger partial charge in [0.05, 0.1) is 29.4 Å². The number of anilines is 1. The minimum Gasteiger partial charge on any atom is -0.462 e. The molecule has 7 nitrogen and oxygen atoms in total. The number of aromatic nitrogens is 1. The van der Waals surface area contributed by atoms with Crippen molar-refractivity contribution in [1.29, 1.82) is 0 Å². The van der Waals surface area contributed by atoms with Gasteiger partial charge in [0.15, 0.2) is 12.2 Å². The van der Waals surface area contributed by atoms with E-state index in [1.54, 1.807) is 32.2 Å². The first-order valence-electron chi connectivity index (χ1n) is 9.73. The van der Waals surface area contributed by atoms with Crippen LogP contribution in [0.3, 0.4) is 0 Å². The molecule has 0 saturated heterocycles. The molecular weight excluding hydrogens is 439 g/mol. The molecule has 4 rings (SSSR count). The van der Waals surface area contributed by atoms with Gasteiger partial charge in [-0.05, 0) is 43.5 Å². The van der Waals surface area contributed by atoms with Crippen LogP contribution in [0.4, 0.5) is 17.1 Å². The lowest BCUT2D eigenvalue weighted by atomic mass is 10.1. The number of para-hydroxylation sites is 1. The molecule has 160 valence electrons. The van der Waals surface area contributed by atoms with Gasteiger partial charge >= 0.3 is 11.9 Å². The van der Waals surface area contributed by atoms with Crippen LogP contribution < -0.4 is 15.4 Å². The van der Waals surface area contributed by atoms with Crippen LogP contribution in [0, 0.1) is 6.92 Å². The lowest BCUT2D eigenvalue weighted by Crippen LogP contribution is -2.55. The maximum atomic E-state index is 12.9. The van der Waals surface area contributed by atoms with Crippen molar-refractivity contribution in [2.45, 2.75) is 13.8 Å². The summed E-state index contributed by atoms with van der Waals surface area (Å²) in [4.78, 5) is 33.1. The van der Waals surface area contributed by atoms with Crippen LogP contribution in [0.5, 0.6) is 0 Å². The fourth-order valence-electron chi connectivity index (χ4n) is 3.88. The average Bonchev–Trinajstić information content (AvgIpc) is 2.96. The van der Waals surface area contributed by atoms with E-state index < -0.39 is 5.97 Å². The molecular formula is C22H21Cl2N4O3+. The number of fused-ring (bicyclic) bond motifs is 3. The topological polar surface area (TPSA) is 83.5 Å². The molecule has 1 aromatic heterocycles. The number of nitrogens with zero attached hydrogens (tertiary/aromatic N) is 2. The maximum absolute atomic E-state index is 12.9. The number of benzene rings is 2. The number of pyridine rings is 1. The first-order valence-corrected chi connectivity index (χ1v) is 10.5. The van der Waals surface area contributed by atoms with Crippen molar-refractivity contribution < 1.29 is 9.53 Å². The normalized spacial score (nSPS) is 17.4. The minimum atomic E-state index is -0.418. The molecule has 0 spiro atoms. The first kappa shape index (κ1) is 21.4. The molecule has 2 aromatic carbocycles. The number of hydrogen-bond donors (Lipinski definition) is 2. The zero-order chi connectivity index (χ0) is 22.3. The first-order chi connectivity index (χ1) is 14.7. The van der Waals surface area contributed by atoms with Crippen LogP contribution >= 0.6 is 23.2 Å². The molecule has 2 N–H and O–H groups in total. The number of ether oxygens (including phenoxy) is 1. The summed E-state index contributed by atoms with van der Waals surface area (Å²) in [6.07, 6.45) is 0. The minimum absolute atomic E-state index is 0.0683. The standard InChI is InChI=1S/C22H20Cl2N4O3/c1-4-31-17(29)11-28(3)20-16(9-8-13-10-12(2)25-21(30)18(13)20)26-22(28)27-19-14(23)6-5-7-15(19)24/h5-10H,4,11H2,1-3H3,(H-,25,26,27,30)/p+1. The molecule has 3 aromatic rings. The van der Waals surface area contributed by atoms with Gasteiger partial charge in [0.25, 0.3) is 5.56 Å². The second-order valence-corrected chi connectivity index (χ2v) is 8.31. The van der Waals surface area contributed by atoms with Crippen LogP contribution in [-0.4, -0.2) is 37.1 Å². The summed E-state index contributed by atoms with van der Waals surface area (Å²) < 4.78 is 5.12. The average molecular weight is 460 g/mol. The van der Waals surface area contributed by atoms with Crippen molar-refractivity contribution in [1.82, 2.24) is 9.47 Å². The van der Waals surface area contributed by atoms with Crippen LogP contribution in [0.15, 0.2) is 46.2 Å². The van der Waals surface area contributed by atoms with Crippen LogP contribution in [0.25, 0.3) is 10.8 Å². The number of carbonyl (C=O) groups excluding carboxylic acids is 1. The number of esters is 1. The molecule has 9 heteroatoms. The number of H-pyrrole nitrogens is 1. The Morgan fingerprint density at radius 2 is 1.94 bits per heavy atom. The third-order valence-corrected chi connectivity index (χ3v) is 5.87. The number of hydrogen-bond acceptors (Lipinski definition) is 5.